The number of morpholine rings is 1. The van der Waals surface area contributed by atoms with Crippen LogP contribution in [-0.4, -0.2) is 118 Å². The molecular weight excluding hydrogens is 742 g/mol. The Bertz CT molecular complexity index is 1940. The second-order valence-electron chi connectivity index (χ2n) is 15.2. The fraction of sp³-hybridized carbons (Fsp3) is 0.537. The lowest BCUT2D eigenvalue weighted by atomic mass is 9.78. The largest absolute Gasteiger partial charge is 0.507 e. The Morgan fingerprint density at radius 1 is 0.965 bits per heavy atom. The highest BCUT2D eigenvalue weighted by Gasteiger charge is 2.52. The van der Waals surface area contributed by atoms with Crippen molar-refractivity contribution < 1.29 is 63.4 Å². The van der Waals surface area contributed by atoms with Crippen LogP contribution in [-0.2, 0) is 28.5 Å². The van der Waals surface area contributed by atoms with Crippen molar-refractivity contribution >= 4 is 29.2 Å². The van der Waals surface area contributed by atoms with Crippen molar-refractivity contribution in [2.45, 2.75) is 85.6 Å². The number of nitrogens with one attached hydrogen (secondary N) is 1. The summed E-state index contributed by atoms with van der Waals surface area (Å²) in [6, 6.07) is 0. The zero-order chi connectivity index (χ0) is 42.1. The van der Waals surface area contributed by atoms with Gasteiger partial charge in [-0.1, -0.05) is 51.1 Å². The van der Waals surface area contributed by atoms with Gasteiger partial charge in [-0.05, 0) is 19.9 Å². The summed E-state index contributed by atoms with van der Waals surface area (Å²) in [5, 5.41) is 51.0. The zero-order valence-electron chi connectivity index (χ0n) is 33.7. The van der Waals surface area contributed by atoms with E-state index in [-0.39, 0.29) is 71.4 Å². The minimum atomic E-state index is -1.92. The number of methoxy groups -OCH3 is 1. The van der Waals surface area contributed by atoms with Gasteiger partial charge in [0.1, 0.15) is 29.0 Å². The van der Waals surface area contributed by atoms with Crippen LogP contribution < -0.4 is 10.1 Å². The van der Waals surface area contributed by atoms with Crippen molar-refractivity contribution in [3.05, 3.63) is 69.8 Å². The average Bonchev–Trinajstić information content (AvgIpc) is 3.48. The van der Waals surface area contributed by atoms with Crippen LogP contribution in [0.3, 0.4) is 0 Å². The molecule has 4 aliphatic heterocycles. The van der Waals surface area contributed by atoms with Crippen molar-refractivity contribution in [2.75, 3.05) is 33.4 Å². The van der Waals surface area contributed by atoms with Gasteiger partial charge in [0.05, 0.1) is 54.5 Å². The summed E-state index contributed by atoms with van der Waals surface area (Å²) in [5.74, 6) is -7.96. The van der Waals surface area contributed by atoms with Gasteiger partial charge in [0.15, 0.2) is 5.71 Å². The first-order chi connectivity index (χ1) is 26.9. The monoisotopic (exact) mass is 795 g/mol. The first-order valence-corrected chi connectivity index (χ1v) is 18.9. The molecular formula is C41H53N3O13. The smallest absolute Gasteiger partial charge is 0.302 e. The number of amides is 1. The number of benzene rings is 1. The molecule has 16 nitrogen and oxygen atoms in total. The lowest BCUT2D eigenvalue weighted by molar-refractivity contribution is -0.160. The van der Waals surface area contributed by atoms with Crippen LogP contribution in [0.5, 0.6) is 11.5 Å². The summed E-state index contributed by atoms with van der Waals surface area (Å²) in [5.41, 5.74) is -1.38. The van der Waals surface area contributed by atoms with Crippen molar-refractivity contribution in [2.24, 2.45) is 28.8 Å². The molecule has 9 atom stereocenters. The van der Waals surface area contributed by atoms with E-state index in [9.17, 15) is 39.7 Å². The zero-order valence-corrected chi connectivity index (χ0v) is 33.7. The molecule has 0 aromatic heterocycles. The fourth-order valence-electron chi connectivity index (χ4n) is 7.92. The number of aliphatic hydroxyl groups excluding tert-OH is 2. The number of carbonyl (C=O) groups is 4. The number of carbonyl (C=O) groups excluding carboxylic acids is 4. The quantitative estimate of drug-likeness (QED) is 0.168. The molecule has 1 aromatic rings. The first-order valence-electron chi connectivity index (χ1n) is 18.9. The number of rotatable bonds is 3. The van der Waals surface area contributed by atoms with Gasteiger partial charge in [-0.3, -0.25) is 19.2 Å². The van der Waals surface area contributed by atoms with Crippen LogP contribution in [0.1, 0.15) is 80.3 Å². The van der Waals surface area contributed by atoms with Crippen LogP contribution >= 0.6 is 0 Å². The predicted molar refractivity (Wildman–Crippen MR) is 205 cm³/mol. The molecule has 0 radical (unpaired) electrons. The molecule has 4 heterocycles. The van der Waals surface area contributed by atoms with E-state index in [2.05, 4.69) is 10.5 Å². The Labute approximate surface area is 331 Å². The summed E-state index contributed by atoms with van der Waals surface area (Å²) in [4.78, 5) is 56.9. The second-order valence-corrected chi connectivity index (χ2v) is 15.2. The molecule has 6 rings (SSSR count). The molecule has 310 valence electrons. The average molecular weight is 796 g/mol. The SMILES string of the molecule is CO[C@H]1/C=C/O[C@@]2(C)Oc3c(C)c(O)c4c(c3/C2=N\O)C(=O)C(N2CCOCC2)=C(NC(=O)/C(C)=C\C=C\[C@H](C)[C@H](O)[C@@H](C)[C@@H](O)[C@@H](C)[C@H](OC(C)=O)[C@@H]1C)C4=O. The van der Waals surface area contributed by atoms with Gasteiger partial charge in [-0.25, -0.2) is 0 Å². The van der Waals surface area contributed by atoms with Crippen molar-refractivity contribution in [1.82, 2.24) is 10.2 Å². The maximum Gasteiger partial charge on any atom is 0.302 e. The third kappa shape index (κ3) is 8.08. The van der Waals surface area contributed by atoms with Gasteiger partial charge in [-0.15, -0.1) is 0 Å². The third-order valence-electron chi connectivity index (χ3n) is 11.4. The van der Waals surface area contributed by atoms with Gasteiger partial charge in [0, 0.05) is 68.9 Å². The highest BCUT2D eigenvalue weighted by Crippen LogP contribution is 2.49. The van der Waals surface area contributed by atoms with Gasteiger partial charge >= 0.3 is 5.97 Å². The van der Waals surface area contributed by atoms with Crippen molar-refractivity contribution in [1.29, 1.82) is 0 Å². The molecule has 1 amide bonds. The summed E-state index contributed by atoms with van der Waals surface area (Å²) >= 11 is 0. The second kappa shape index (κ2) is 17.2. The molecule has 0 unspecified atom stereocenters. The minimum absolute atomic E-state index is 0.0419. The number of aromatic hydroxyl groups is 1. The van der Waals surface area contributed by atoms with E-state index in [1.165, 1.54) is 53.2 Å². The lowest BCUT2D eigenvalue weighted by Crippen LogP contribution is -2.46. The van der Waals surface area contributed by atoms with E-state index in [1.807, 2.05) is 0 Å². The Kier molecular flexibility index (Phi) is 13.0. The summed E-state index contributed by atoms with van der Waals surface area (Å²) in [7, 11) is 1.43. The molecule has 5 bridgehead atoms. The number of ketones is 2. The van der Waals surface area contributed by atoms with E-state index in [0.717, 1.165) is 0 Å². The number of nitrogens with zero attached hydrogens (tertiary/aromatic N) is 2. The van der Waals surface area contributed by atoms with E-state index < -0.39 is 88.6 Å². The fourth-order valence-corrected chi connectivity index (χ4v) is 7.92. The van der Waals surface area contributed by atoms with Gasteiger partial charge in [-0.2, -0.15) is 0 Å². The molecule has 1 saturated heterocycles. The molecule has 5 aliphatic rings. The Morgan fingerprint density at radius 3 is 2.25 bits per heavy atom. The van der Waals surface area contributed by atoms with Crippen LogP contribution in [0.25, 0.3) is 0 Å². The van der Waals surface area contributed by atoms with Crippen LogP contribution in [0.4, 0.5) is 0 Å². The molecule has 57 heavy (non-hydrogen) atoms. The van der Waals surface area contributed by atoms with Crippen molar-refractivity contribution in [3.63, 3.8) is 0 Å². The Morgan fingerprint density at radius 2 is 1.63 bits per heavy atom. The van der Waals surface area contributed by atoms with E-state index in [4.69, 9.17) is 23.7 Å². The number of aliphatic hydroxyl groups is 2. The van der Waals surface area contributed by atoms with Gasteiger partial charge in [0.2, 0.25) is 11.6 Å². The first kappa shape index (κ1) is 43.1. The number of hydrogen-bond donors (Lipinski definition) is 5. The molecule has 1 aromatic carbocycles. The number of Topliss-reactive ketones (excluding diaryl/α,β-unsaturated/α-hetero) is 2. The van der Waals surface area contributed by atoms with E-state index in [1.54, 1.807) is 44.7 Å². The molecule has 5 N–H and O–H groups in total. The standard InChI is InChI=1S/C41H53N3O13/c1-19-11-10-12-20(2)40(51)42-30-31(44-14-17-54-18-15-44)36(50)27-28(35(30)49)34(48)24(6)38-29(27)39(43-52)41(8,57-38)55-16-13-26(53-9)21(3)37(56-25(7)45)23(5)33(47)22(4)32(19)46/h10-13,16,19,21-23,26,32-33,37,46-48,52H,14-15,17-18H2,1-9H3,(H,42,51)/b11-10+,16-13+,20-12-,43-39+/t19-,21+,22+,23+,26-,32-,33+,37+,41-/m0/s1. The predicted octanol–water partition coefficient (Wildman–Crippen LogP) is 3.29. The van der Waals surface area contributed by atoms with Crippen LogP contribution in [0.2, 0.25) is 0 Å². The van der Waals surface area contributed by atoms with Gasteiger partial charge in [0.25, 0.3) is 11.7 Å². The normalized spacial score (nSPS) is 34.2. The minimum Gasteiger partial charge on any atom is -0.507 e. The molecule has 1 fully saturated rings. The third-order valence-corrected chi connectivity index (χ3v) is 11.4. The molecule has 16 heteroatoms. The maximum atomic E-state index is 14.8. The van der Waals surface area contributed by atoms with Crippen molar-refractivity contribution in [3.8, 4) is 11.5 Å². The summed E-state index contributed by atoms with van der Waals surface area (Å²) < 4.78 is 29.3. The lowest BCUT2D eigenvalue weighted by Gasteiger charge is -2.38. The summed E-state index contributed by atoms with van der Waals surface area (Å²) in [6.07, 6.45) is 3.54. The van der Waals surface area contributed by atoms with Crippen LogP contribution in [0, 0.1) is 30.6 Å². The highest BCUT2D eigenvalue weighted by molar-refractivity contribution is 6.33. The van der Waals surface area contributed by atoms with Gasteiger partial charge < -0.3 is 54.4 Å². The number of phenolic OH excluding ortho intramolecular Hbond substituents is 1. The summed E-state index contributed by atoms with van der Waals surface area (Å²) in [6.45, 7) is 13.4. The Balaban J connectivity index is 1.69. The molecule has 1 aliphatic carbocycles. The maximum absolute atomic E-state index is 14.8. The number of allylic oxidation sites excluding steroid dienone is 4. The number of esters is 1. The number of hydrogen-bond acceptors (Lipinski definition) is 15. The topological polar surface area (TPSA) is 223 Å². The van der Waals surface area contributed by atoms with E-state index >= 15 is 0 Å². The number of oxime groups is 1. The highest BCUT2D eigenvalue weighted by atomic mass is 16.7. The number of phenols is 1. The number of fused-ring (bicyclic) bond motifs is 14. The molecule has 0 spiro atoms. The number of ether oxygens (including phenoxy) is 5. The molecule has 0 saturated carbocycles. The Hall–Kier alpha value is -5.03. The van der Waals surface area contributed by atoms with E-state index in [0.29, 0.717) is 0 Å². The van der Waals surface area contributed by atoms with Crippen LogP contribution in [0.15, 0.2) is 52.7 Å².